The highest BCUT2D eigenvalue weighted by atomic mass is 32.8. The fourth-order valence-corrected chi connectivity index (χ4v) is 2.58. The van der Waals surface area contributed by atoms with E-state index in [1.165, 1.54) is 0 Å². The molecule has 1 rings (SSSR count). The number of hydrogen-bond acceptors (Lipinski definition) is 2. The molecule has 1 unspecified atom stereocenters. The summed E-state index contributed by atoms with van der Waals surface area (Å²) in [5, 5.41) is 0. The number of rotatable bonds is 3. The van der Waals surface area contributed by atoms with Gasteiger partial charge < -0.3 is 4.55 Å². The molecule has 1 aromatic rings. The Morgan fingerprint density at radius 2 is 2.00 bits per heavy atom. The van der Waals surface area contributed by atoms with Crippen LogP contribution in [0.1, 0.15) is 19.4 Å². The van der Waals surface area contributed by atoms with E-state index in [9.17, 15) is 8.76 Å². The maximum absolute atomic E-state index is 11.4. The van der Waals surface area contributed by atoms with Gasteiger partial charge in [-0.15, -0.1) is 0 Å². The third kappa shape index (κ3) is 3.04. The van der Waals surface area contributed by atoms with Crippen molar-refractivity contribution >= 4 is 20.0 Å². The zero-order valence-electron chi connectivity index (χ0n) is 8.27. The van der Waals surface area contributed by atoms with Crippen molar-refractivity contribution in [1.82, 2.24) is 0 Å². The van der Waals surface area contributed by atoms with E-state index in [0.717, 1.165) is 12.0 Å². The first-order chi connectivity index (χ1) is 6.41. The second kappa shape index (κ2) is 4.38. The summed E-state index contributed by atoms with van der Waals surface area (Å²) in [5.74, 6) is 0.452. The zero-order valence-corrected chi connectivity index (χ0v) is 9.90. The lowest BCUT2D eigenvalue weighted by atomic mass is 10.0. The van der Waals surface area contributed by atoms with Gasteiger partial charge in [0.05, 0.1) is 4.90 Å². The first kappa shape index (κ1) is 11.6. The average Bonchev–Trinajstić information content (AvgIpc) is 2.01. The molecule has 0 aliphatic carbocycles. The fourth-order valence-electron chi connectivity index (χ4n) is 1.36. The summed E-state index contributed by atoms with van der Waals surface area (Å²) in [7, 11) is -3.25. The van der Waals surface area contributed by atoms with Crippen LogP contribution in [0.4, 0.5) is 0 Å². The normalized spacial score (nSPS) is 15.4. The van der Waals surface area contributed by atoms with E-state index < -0.39 is 8.77 Å². The quantitative estimate of drug-likeness (QED) is 0.866. The molecule has 0 spiro atoms. The van der Waals surface area contributed by atoms with Gasteiger partial charge in [0.2, 0.25) is 0 Å². The predicted molar refractivity (Wildman–Crippen MR) is 61.4 cm³/mol. The van der Waals surface area contributed by atoms with Gasteiger partial charge in [0.1, 0.15) is 0 Å². The summed E-state index contributed by atoms with van der Waals surface area (Å²) >= 11 is 4.58. The Morgan fingerprint density at radius 3 is 2.50 bits per heavy atom. The van der Waals surface area contributed by atoms with E-state index in [2.05, 4.69) is 25.0 Å². The van der Waals surface area contributed by atoms with Crippen LogP contribution in [-0.2, 0) is 26.4 Å². The molecule has 0 aromatic heterocycles. The van der Waals surface area contributed by atoms with Crippen LogP contribution >= 0.6 is 0 Å². The Balaban J connectivity index is 3.17. The fraction of sp³-hybridized carbons (Fsp3) is 0.400. The Bertz CT molecular complexity index is 408. The van der Waals surface area contributed by atoms with Gasteiger partial charge in [-0.3, -0.25) is 0 Å². The van der Waals surface area contributed by atoms with Crippen LogP contribution in [0.15, 0.2) is 29.2 Å². The summed E-state index contributed by atoms with van der Waals surface area (Å²) < 4.78 is 20.7. The van der Waals surface area contributed by atoms with Crippen LogP contribution in [0.2, 0.25) is 0 Å². The van der Waals surface area contributed by atoms with Gasteiger partial charge in [-0.05, 0) is 24.0 Å². The van der Waals surface area contributed by atoms with Crippen molar-refractivity contribution in [2.75, 3.05) is 0 Å². The highest BCUT2D eigenvalue weighted by Crippen LogP contribution is 2.18. The molecule has 0 bridgehead atoms. The monoisotopic (exact) mass is 230 g/mol. The summed E-state index contributed by atoms with van der Waals surface area (Å²) in [6.45, 7) is 4.14. The molecule has 14 heavy (non-hydrogen) atoms. The molecular weight excluding hydrogens is 216 g/mol. The predicted octanol–water partition coefficient (Wildman–Crippen LogP) is 2.46. The summed E-state index contributed by atoms with van der Waals surface area (Å²) in [4.78, 5) is 0.392. The Hall–Kier alpha value is -0.450. The lowest BCUT2D eigenvalue weighted by Crippen LogP contribution is -2.04. The first-order valence-corrected chi connectivity index (χ1v) is 6.90. The minimum absolute atomic E-state index is 0.392. The maximum atomic E-state index is 11.4. The average molecular weight is 230 g/mol. The molecule has 0 fully saturated rings. The third-order valence-electron chi connectivity index (χ3n) is 1.88. The Morgan fingerprint density at radius 1 is 1.43 bits per heavy atom. The van der Waals surface area contributed by atoms with Crippen LogP contribution in [0.3, 0.4) is 0 Å². The molecule has 0 heterocycles. The number of benzene rings is 1. The highest BCUT2D eigenvalue weighted by Gasteiger charge is 2.11. The molecule has 78 valence electrons. The van der Waals surface area contributed by atoms with Gasteiger partial charge >= 0.3 is 0 Å². The second-order valence-corrected chi connectivity index (χ2v) is 6.43. The summed E-state index contributed by atoms with van der Waals surface area (Å²) in [5.41, 5.74) is 0.880. The largest absolute Gasteiger partial charge is 0.302 e. The molecule has 4 heteroatoms. The van der Waals surface area contributed by atoms with Crippen LogP contribution in [0.5, 0.6) is 0 Å². The van der Waals surface area contributed by atoms with Crippen LogP contribution in [0.25, 0.3) is 0 Å². The van der Waals surface area contributed by atoms with E-state index >= 15 is 0 Å². The van der Waals surface area contributed by atoms with Gasteiger partial charge in [-0.1, -0.05) is 32.0 Å². The van der Waals surface area contributed by atoms with E-state index in [1.54, 1.807) is 12.1 Å². The van der Waals surface area contributed by atoms with Crippen molar-refractivity contribution in [2.24, 2.45) is 5.92 Å². The van der Waals surface area contributed by atoms with Crippen LogP contribution in [-0.4, -0.2) is 8.76 Å². The van der Waals surface area contributed by atoms with Gasteiger partial charge in [-0.2, -0.15) is 0 Å². The Kier molecular flexibility index (Phi) is 3.64. The molecule has 0 aliphatic rings. The van der Waals surface area contributed by atoms with Crippen molar-refractivity contribution in [3.8, 4) is 0 Å². The molecule has 2 nitrogen and oxygen atoms in total. The molecule has 1 N–H and O–H groups in total. The summed E-state index contributed by atoms with van der Waals surface area (Å²) in [6, 6.07) is 7.09. The molecule has 0 amide bonds. The SMILES string of the molecule is CC(C)Cc1ccccc1S(=O)(O)=S. The van der Waals surface area contributed by atoms with Crippen LogP contribution in [0, 0.1) is 5.92 Å². The smallest absolute Gasteiger partial charge is 0.171 e. The first-order valence-electron chi connectivity index (χ1n) is 4.46. The highest BCUT2D eigenvalue weighted by molar-refractivity contribution is 8.29. The molecule has 1 aromatic carbocycles. The van der Waals surface area contributed by atoms with Crippen molar-refractivity contribution in [3.63, 3.8) is 0 Å². The van der Waals surface area contributed by atoms with Gasteiger partial charge in [0, 0.05) is 11.2 Å². The lowest BCUT2D eigenvalue weighted by Gasteiger charge is -2.10. The molecule has 0 saturated heterocycles. The molecular formula is C10H14O2S2. The summed E-state index contributed by atoms with van der Waals surface area (Å²) in [6.07, 6.45) is 0.782. The third-order valence-corrected chi connectivity index (χ3v) is 3.37. The lowest BCUT2D eigenvalue weighted by molar-refractivity contribution is 0.558. The second-order valence-electron chi connectivity index (χ2n) is 3.68. The molecule has 0 saturated carbocycles. The minimum atomic E-state index is -3.25. The van der Waals surface area contributed by atoms with Gasteiger partial charge in [-0.25, -0.2) is 4.21 Å². The van der Waals surface area contributed by atoms with E-state index in [0.29, 0.717) is 10.8 Å². The van der Waals surface area contributed by atoms with Crippen molar-refractivity contribution in [2.45, 2.75) is 25.2 Å². The van der Waals surface area contributed by atoms with Crippen LogP contribution < -0.4 is 0 Å². The topological polar surface area (TPSA) is 37.3 Å². The van der Waals surface area contributed by atoms with Crippen molar-refractivity contribution < 1.29 is 8.76 Å². The van der Waals surface area contributed by atoms with Crippen molar-refractivity contribution in [1.29, 1.82) is 0 Å². The van der Waals surface area contributed by atoms with Crippen molar-refractivity contribution in [3.05, 3.63) is 29.8 Å². The van der Waals surface area contributed by atoms with Gasteiger partial charge in [0.25, 0.3) is 0 Å². The van der Waals surface area contributed by atoms with E-state index in [4.69, 9.17) is 0 Å². The molecule has 1 atom stereocenters. The standard InChI is InChI=1S/C10H14O2S2/c1-8(2)7-9-5-3-4-6-10(9)14(11,12)13/h3-6,8H,7H2,1-2H3,(H,11,12,13). The van der Waals surface area contributed by atoms with E-state index in [-0.39, 0.29) is 0 Å². The zero-order chi connectivity index (χ0) is 10.8. The maximum Gasteiger partial charge on any atom is 0.171 e. The van der Waals surface area contributed by atoms with E-state index in [1.807, 2.05) is 12.1 Å². The Labute approximate surface area is 89.8 Å². The molecule has 0 aliphatic heterocycles. The number of hydrogen-bond donors (Lipinski definition) is 1. The minimum Gasteiger partial charge on any atom is -0.302 e. The van der Waals surface area contributed by atoms with Gasteiger partial charge in [0.15, 0.2) is 8.77 Å². The molecule has 0 radical (unpaired) electrons.